The van der Waals surface area contributed by atoms with E-state index in [1.165, 1.54) is 186 Å². The molecule has 438 valence electrons. The number of ether oxygens (including phenoxy) is 3. The molecule has 0 aromatic rings. The second-order valence-electron chi connectivity index (χ2n) is 21.6. The van der Waals surface area contributed by atoms with E-state index in [9.17, 15) is 14.4 Å². The van der Waals surface area contributed by atoms with Crippen molar-refractivity contribution in [2.24, 2.45) is 0 Å². The van der Waals surface area contributed by atoms with Crippen LogP contribution in [0.4, 0.5) is 0 Å². The Balaban J connectivity index is 4.27. The number of hydrogen-bond acceptors (Lipinski definition) is 6. The first kappa shape index (κ1) is 72.6. The Morgan fingerprint density at radius 1 is 0.276 bits per heavy atom. The molecule has 0 aromatic carbocycles. The molecular formula is C70H122O6. The van der Waals surface area contributed by atoms with Crippen molar-refractivity contribution in [2.75, 3.05) is 13.2 Å². The molecule has 0 rings (SSSR count). The second-order valence-corrected chi connectivity index (χ2v) is 21.6. The van der Waals surface area contributed by atoms with Crippen molar-refractivity contribution in [3.05, 3.63) is 85.1 Å². The lowest BCUT2D eigenvalue weighted by Crippen LogP contribution is -2.30. The first-order valence-corrected chi connectivity index (χ1v) is 32.6. The molecule has 0 bridgehead atoms. The predicted octanol–water partition coefficient (Wildman–Crippen LogP) is 22.3. The van der Waals surface area contributed by atoms with Gasteiger partial charge in [0, 0.05) is 19.3 Å². The van der Waals surface area contributed by atoms with Gasteiger partial charge in [0.05, 0.1) is 0 Å². The summed E-state index contributed by atoms with van der Waals surface area (Å²) in [4.78, 5) is 38.3. The molecule has 1 atom stereocenters. The molecule has 0 saturated carbocycles. The number of hydrogen-bond donors (Lipinski definition) is 0. The van der Waals surface area contributed by atoms with E-state index in [2.05, 4.69) is 106 Å². The van der Waals surface area contributed by atoms with Crippen molar-refractivity contribution in [3.63, 3.8) is 0 Å². The first-order chi connectivity index (χ1) is 37.5. The molecule has 0 heterocycles. The zero-order valence-corrected chi connectivity index (χ0v) is 50.3. The summed E-state index contributed by atoms with van der Waals surface area (Å²) in [5, 5.41) is 0. The fraction of sp³-hybridized carbons (Fsp3) is 0.757. The number of unbranched alkanes of at least 4 members (excludes halogenated alkanes) is 34. The van der Waals surface area contributed by atoms with Crippen LogP contribution in [0.15, 0.2) is 85.1 Å². The summed E-state index contributed by atoms with van der Waals surface area (Å²) < 4.78 is 16.9. The van der Waals surface area contributed by atoms with E-state index < -0.39 is 6.10 Å². The van der Waals surface area contributed by atoms with Crippen molar-refractivity contribution >= 4 is 17.9 Å². The Labute approximate surface area is 471 Å². The molecule has 0 aliphatic carbocycles. The van der Waals surface area contributed by atoms with Gasteiger partial charge in [-0.2, -0.15) is 0 Å². The van der Waals surface area contributed by atoms with E-state index in [1.807, 2.05) is 0 Å². The molecular weight excluding hydrogens is 937 g/mol. The summed E-state index contributed by atoms with van der Waals surface area (Å²) in [6.45, 7) is 6.53. The lowest BCUT2D eigenvalue weighted by atomic mass is 10.0. The largest absolute Gasteiger partial charge is 0.462 e. The van der Waals surface area contributed by atoms with Gasteiger partial charge in [-0.25, -0.2) is 0 Å². The van der Waals surface area contributed by atoms with Gasteiger partial charge in [0.2, 0.25) is 0 Å². The van der Waals surface area contributed by atoms with Crippen LogP contribution >= 0.6 is 0 Å². The Morgan fingerprint density at radius 3 is 0.829 bits per heavy atom. The van der Waals surface area contributed by atoms with Crippen molar-refractivity contribution in [1.29, 1.82) is 0 Å². The topological polar surface area (TPSA) is 78.9 Å². The summed E-state index contributed by atoms with van der Waals surface area (Å²) in [6, 6.07) is 0. The maximum atomic E-state index is 12.9. The van der Waals surface area contributed by atoms with E-state index >= 15 is 0 Å². The highest BCUT2D eigenvalue weighted by molar-refractivity contribution is 5.71. The van der Waals surface area contributed by atoms with Crippen molar-refractivity contribution in [1.82, 2.24) is 0 Å². The van der Waals surface area contributed by atoms with Crippen LogP contribution in [0.25, 0.3) is 0 Å². The molecule has 0 amide bonds. The summed E-state index contributed by atoms with van der Waals surface area (Å²) in [7, 11) is 0. The van der Waals surface area contributed by atoms with Crippen molar-refractivity contribution in [2.45, 2.75) is 329 Å². The van der Waals surface area contributed by atoms with Crippen molar-refractivity contribution in [3.8, 4) is 0 Å². The molecule has 76 heavy (non-hydrogen) atoms. The minimum atomic E-state index is -0.779. The number of carbonyl (C=O) groups is 3. The minimum Gasteiger partial charge on any atom is -0.462 e. The van der Waals surface area contributed by atoms with Crippen molar-refractivity contribution < 1.29 is 28.6 Å². The summed E-state index contributed by atoms with van der Waals surface area (Å²) in [6.07, 6.45) is 84.4. The van der Waals surface area contributed by atoms with Crippen LogP contribution in [0.3, 0.4) is 0 Å². The molecule has 1 unspecified atom stereocenters. The SMILES string of the molecule is CC/C=C\C/C=C\C/C=C\C/C=C\C/C=C\CCCCCCCCCCCCCC(=O)OCC(COC(=O)CCCCCCCCCCCCCC)OC(=O)CCCCCCCCCCC/C=C\C/C=C\CCCCC. The number of esters is 3. The van der Waals surface area contributed by atoms with Gasteiger partial charge in [0.15, 0.2) is 6.10 Å². The van der Waals surface area contributed by atoms with Crippen LogP contribution in [-0.2, 0) is 28.6 Å². The summed E-state index contributed by atoms with van der Waals surface area (Å²) >= 11 is 0. The molecule has 6 heteroatoms. The van der Waals surface area contributed by atoms with Gasteiger partial charge in [0.25, 0.3) is 0 Å². The van der Waals surface area contributed by atoms with E-state index in [1.54, 1.807) is 0 Å². The molecule has 0 saturated heterocycles. The Morgan fingerprint density at radius 2 is 0.513 bits per heavy atom. The van der Waals surface area contributed by atoms with E-state index in [-0.39, 0.29) is 31.1 Å². The number of carbonyl (C=O) groups excluding carboxylic acids is 3. The Bertz CT molecular complexity index is 1450. The third kappa shape index (κ3) is 61.4. The van der Waals surface area contributed by atoms with Crippen LogP contribution in [0.2, 0.25) is 0 Å². The fourth-order valence-corrected chi connectivity index (χ4v) is 9.27. The molecule has 0 fully saturated rings. The maximum absolute atomic E-state index is 12.9. The predicted molar refractivity (Wildman–Crippen MR) is 330 cm³/mol. The average Bonchev–Trinajstić information content (AvgIpc) is 3.42. The maximum Gasteiger partial charge on any atom is 0.306 e. The van der Waals surface area contributed by atoms with Gasteiger partial charge < -0.3 is 14.2 Å². The van der Waals surface area contributed by atoms with Gasteiger partial charge in [0.1, 0.15) is 13.2 Å². The molecule has 0 aliphatic heterocycles. The minimum absolute atomic E-state index is 0.0754. The molecule has 0 N–H and O–H groups in total. The average molecular weight is 1060 g/mol. The lowest BCUT2D eigenvalue weighted by Gasteiger charge is -2.18. The van der Waals surface area contributed by atoms with Crippen LogP contribution in [0.1, 0.15) is 323 Å². The van der Waals surface area contributed by atoms with Gasteiger partial charge in [-0.1, -0.05) is 292 Å². The summed E-state index contributed by atoms with van der Waals surface area (Å²) in [5.41, 5.74) is 0. The quantitative estimate of drug-likeness (QED) is 0.0261. The van der Waals surface area contributed by atoms with Gasteiger partial charge in [-0.3, -0.25) is 14.4 Å². The summed E-state index contributed by atoms with van der Waals surface area (Å²) in [5.74, 6) is -0.869. The lowest BCUT2D eigenvalue weighted by molar-refractivity contribution is -0.167. The molecule has 0 aromatic heterocycles. The van der Waals surface area contributed by atoms with Gasteiger partial charge in [-0.15, -0.1) is 0 Å². The Hall–Kier alpha value is -3.41. The van der Waals surface area contributed by atoms with Crippen LogP contribution in [0.5, 0.6) is 0 Å². The molecule has 6 nitrogen and oxygen atoms in total. The molecule has 0 aliphatic rings. The smallest absolute Gasteiger partial charge is 0.306 e. The van der Waals surface area contributed by atoms with Gasteiger partial charge in [-0.05, 0) is 96.3 Å². The van der Waals surface area contributed by atoms with E-state index in [0.717, 1.165) is 96.3 Å². The monoisotopic (exact) mass is 1060 g/mol. The highest BCUT2D eigenvalue weighted by Gasteiger charge is 2.19. The third-order valence-electron chi connectivity index (χ3n) is 14.1. The van der Waals surface area contributed by atoms with Crippen LogP contribution < -0.4 is 0 Å². The highest BCUT2D eigenvalue weighted by Crippen LogP contribution is 2.17. The highest BCUT2D eigenvalue weighted by atomic mass is 16.6. The molecule has 0 radical (unpaired) electrons. The number of allylic oxidation sites excluding steroid dienone is 14. The standard InChI is InChI=1S/C70H122O6/c1-4-7-10-13-16-19-22-25-27-29-31-32-33-34-35-36-37-38-40-41-43-45-48-51-54-57-60-63-69(72)75-66-67(65-74-68(71)62-59-56-53-50-47-24-21-18-15-12-9-6-3)76-70(73)64-61-58-55-52-49-46-44-42-39-30-28-26-23-20-17-14-11-8-5-2/h7,10,16-17,19-20,25-28,31-32,34-35,67H,4-6,8-9,11-15,18,21-24,29-30,33,36-66H2,1-3H3/b10-7-,19-16-,20-17-,27-25-,28-26-,32-31-,35-34-. The number of rotatable bonds is 59. The fourth-order valence-electron chi connectivity index (χ4n) is 9.27. The van der Waals surface area contributed by atoms with Gasteiger partial charge >= 0.3 is 17.9 Å². The Kier molecular flexibility index (Phi) is 61.2. The zero-order valence-electron chi connectivity index (χ0n) is 50.3. The normalized spacial score (nSPS) is 12.6. The van der Waals surface area contributed by atoms with E-state index in [4.69, 9.17) is 14.2 Å². The van der Waals surface area contributed by atoms with Crippen LogP contribution in [-0.4, -0.2) is 37.2 Å². The van der Waals surface area contributed by atoms with E-state index in [0.29, 0.717) is 19.3 Å². The molecule has 0 spiro atoms. The first-order valence-electron chi connectivity index (χ1n) is 32.6. The second kappa shape index (κ2) is 64.1. The zero-order chi connectivity index (χ0) is 55.0. The van der Waals surface area contributed by atoms with Crippen LogP contribution in [0, 0.1) is 0 Å². The third-order valence-corrected chi connectivity index (χ3v) is 14.1.